The van der Waals surface area contributed by atoms with Crippen molar-refractivity contribution in [3.8, 4) is 11.5 Å². The van der Waals surface area contributed by atoms with E-state index in [0.29, 0.717) is 0 Å². The number of para-hydroxylation sites is 2. The van der Waals surface area contributed by atoms with Gasteiger partial charge in [-0.1, -0.05) is 12.1 Å². The summed E-state index contributed by atoms with van der Waals surface area (Å²) in [5.74, 6) is 2.06. The first-order valence-corrected chi connectivity index (χ1v) is 2.24. The van der Waals surface area contributed by atoms with E-state index in [2.05, 4.69) is 0 Å². The first-order valence-electron chi connectivity index (χ1n) is 2.24. The molecule has 1 aromatic carbocycles. The van der Waals surface area contributed by atoms with E-state index in [0.717, 1.165) is 11.5 Å². The molecule has 0 bridgehead atoms. The molecule has 0 aromatic heterocycles. The van der Waals surface area contributed by atoms with Gasteiger partial charge in [-0.15, -0.1) is 0 Å². The maximum atomic E-state index is 4.94. The van der Waals surface area contributed by atoms with Crippen LogP contribution in [0.15, 0.2) is 24.3 Å². The van der Waals surface area contributed by atoms with Gasteiger partial charge in [0.05, 0.1) is 0 Å². The molecule has 1 aliphatic heterocycles. The fourth-order valence-electron chi connectivity index (χ4n) is 0.611. The van der Waals surface area contributed by atoms with Gasteiger partial charge in [0.15, 0.2) is 11.5 Å². The van der Waals surface area contributed by atoms with E-state index in [9.17, 15) is 0 Å². The van der Waals surface area contributed by atoms with Gasteiger partial charge < -0.3 is 4.74 Å². The van der Waals surface area contributed by atoms with Gasteiger partial charge in [0.25, 0.3) is 0 Å². The molecule has 0 spiro atoms. The molecule has 1 heterocycles. The predicted molar refractivity (Wildman–Crippen MR) is 26.5 cm³/mol. The smallest absolute Gasteiger partial charge is 0.170 e. The largest absolute Gasteiger partial charge is 0.450 e. The molecule has 0 N–H and O–H groups in total. The predicted octanol–water partition coefficient (Wildman–Crippen LogP) is 1.79. The molecular weight excluding hydrogens is 152 g/mol. The van der Waals surface area contributed by atoms with Crippen molar-refractivity contribution in [3.05, 3.63) is 24.3 Å². The van der Waals surface area contributed by atoms with Crippen molar-refractivity contribution in [3.63, 3.8) is 0 Å². The molecule has 2 rings (SSSR count). The summed E-state index contributed by atoms with van der Waals surface area (Å²) in [5.41, 5.74) is 0. The third-order valence-electron chi connectivity index (χ3n) is 1.03. The molecule has 45 valence electrons. The maximum Gasteiger partial charge on any atom is 0.170 e. The summed E-state index contributed by atoms with van der Waals surface area (Å²) < 4.78 is 4.94. The maximum absolute atomic E-state index is 4.94. The molecule has 0 unspecified atom stereocenters. The molecule has 1 aliphatic rings. The quantitative estimate of drug-likeness (QED) is 0.418. The Kier molecular flexibility index (Phi) is 1.28. The normalized spacial score (nSPS) is 10.5. The minimum absolute atomic E-state index is 0. The van der Waals surface area contributed by atoms with Gasteiger partial charge in [-0.25, -0.2) is 0 Å². The molecule has 0 amide bonds. The first kappa shape index (κ1) is 5.67. The van der Waals surface area contributed by atoms with Crippen LogP contribution in [0, 0.1) is 0 Å². The Morgan fingerprint density at radius 2 is 1.50 bits per heavy atom. The molecule has 1 nitrogen and oxygen atoms in total. The number of rotatable bonds is 0. The van der Waals surface area contributed by atoms with Gasteiger partial charge in [0.1, 0.15) is 0 Å². The Morgan fingerprint density at radius 3 is 1.88 bits per heavy atom. The van der Waals surface area contributed by atoms with Crippen LogP contribution in [0.4, 0.5) is 0 Å². The van der Waals surface area contributed by atoms with Crippen molar-refractivity contribution < 1.29 is 21.8 Å². The number of hydrogen-bond acceptors (Lipinski definition) is 1. The molecule has 0 saturated heterocycles. The second-order valence-corrected chi connectivity index (χ2v) is 1.55. The molecule has 2 heteroatoms. The van der Waals surface area contributed by atoms with Crippen LogP contribution in [0.3, 0.4) is 0 Å². The van der Waals surface area contributed by atoms with Crippen LogP contribution in [0.25, 0.3) is 0 Å². The average molecular weight is 156 g/mol. The first-order chi connectivity index (χ1) is 3.47. The van der Waals surface area contributed by atoms with E-state index < -0.39 is 0 Å². The van der Waals surface area contributed by atoms with E-state index in [1.54, 1.807) is 0 Å². The summed E-state index contributed by atoms with van der Waals surface area (Å²) in [6, 6.07) is 7.84. The Balaban J connectivity index is 0.000000320. The van der Waals surface area contributed by atoms with Gasteiger partial charge in [-0.2, -0.15) is 0 Å². The molecular formula is C6H4CuO. The van der Waals surface area contributed by atoms with E-state index >= 15 is 0 Å². The summed E-state index contributed by atoms with van der Waals surface area (Å²) in [4.78, 5) is 0. The van der Waals surface area contributed by atoms with Crippen LogP contribution in [0.5, 0.6) is 11.5 Å². The van der Waals surface area contributed by atoms with Crippen molar-refractivity contribution in [2.75, 3.05) is 0 Å². The van der Waals surface area contributed by atoms with Crippen LogP contribution in [-0.4, -0.2) is 0 Å². The standard InChI is InChI=1S/C6H4O.Cu/c1-2-4-6-5(3-1)7-6;/h1-4H;. The number of hydrogen-bond donors (Lipinski definition) is 0. The van der Waals surface area contributed by atoms with E-state index in [4.69, 9.17) is 4.74 Å². The van der Waals surface area contributed by atoms with Crippen LogP contribution in [0.2, 0.25) is 0 Å². The van der Waals surface area contributed by atoms with Crippen LogP contribution in [0.1, 0.15) is 0 Å². The monoisotopic (exact) mass is 155 g/mol. The molecule has 1 aromatic rings. The number of benzene rings is 1. The third-order valence-corrected chi connectivity index (χ3v) is 1.03. The van der Waals surface area contributed by atoms with Crippen LogP contribution >= 0.6 is 0 Å². The van der Waals surface area contributed by atoms with Gasteiger partial charge >= 0.3 is 0 Å². The molecule has 0 atom stereocenters. The average Bonchev–Trinajstić information content (AvgIpc) is 2.41. The van der Waals surface area contributed by atoms with Crippen LogP contribution in [-0.2, 0) is 17.1 Å². The minimum Gasteiger partial charge on any atom is -0.450 e. The van der Waals surface area contributed by atoms with Crippen LogP contribution < -0.4 is 4.74 Å². The molecule has 1 radical (unpaired) electrons. The zero-order valence-electron chi connectivity index (χ0n) is 4.02. The van der Waals surface area contributed by atoms with E-state index in [-0.39, 0.29) is 17.1 Å². The zero-order valence-corrected chi connectivity index (χ0v) is 4.96. The van der Waals surface area contributed by atoms with Gasteiger partial charge in [-0.3, -0.25) is 0 Å². The zero-order chi connectivity index (χ0) is 4.69. The molecule has 0 saturated carbocycles. The Morgan fingerprint density at radius 1 is 1.00 bits per heavy atom. The van der Waals surface area contributed by atoms with E-state index in [1.165, 1.54) is 0 Å². The van der Waals surface area contributed by atoms with Gasteiger partial charge in [0, 0.05) is 17.1 Å². The third kappa shape index (κ3) is 0.726. The van der Waals surface area contributed by atoms with Crippen molar-refractivity contribution in [1.82, 2.24) is 0 Å². The minimum atomic E-state index is 0. The SMILES string of the molecule is [Cu].c1ccc2c(c1)O2. The summed E-state index contributed by atoms with van der Waals surface area (Å²) >= 11 is 0. The van der Waals surface area contributed by atoms with Gasteiger partial charge in [-0.05, 0) is 12.1 Å². The second-order valence-electron chi connectivity index (χ2n) is 1.55. The van der Waals surface area contributed by atoms with Crippen molar-refractivity contribution in [1.29, 1.82) is 0 Å². The number of fused-ring (bicyclic) bond motifs is 1. The molecule has 8 heavy (non-hydrogen) atoms. The van der Waals surface area contributed by atoms with Crippen molar-refractivity contribution in [2.24, 2.45) is 0 Å². The van der Waals surface area contributed by atoms with Gasteiger partial charge in [0.2, 0.25) is 0 Å². The fraction of sp³-hybridized carbons (Fsp3) is 0. The Hall–Kier alpha value is -0.461. The molecule has 0 fully saturated rings. The summed E-state index contributed by atoms with van der Waals surface area (Å²) in [6.07, 6.45) is 0. The summed E-state index contributed by atoms with van der Waals surface area (Å²) in [7, 11) is 0. The van der Waals surface area contributed by atoms with Crippen molar-refractivity contribution in [2.45, 2.75) is 0 Å². The number of ether oxygens (including phenoxy) is 1. The second kappa shape index (κ2) is 1.81. The summed E-state index contributed by atoms with van der Waals surface area (Å²) in [5, 5.41) is 0. The van der Waals surface area contributed by atoms with E-state index in [1.807, 2.05) is 24.3 Å². The van der Waals surface area contributed by atoms with Crippen molar-refractivity contribution >= 4 is 0 Å². The Bertz CT molecular complexity index is 176. The topological polar surface area (TPSA) is 12.5 Å². The fourth-order valence-corrected chi connectivity index (χ4v) is 0.611. The summed E-state index contributed by atoms with van der Waals surface area (Å²) in [6.45, 7) is 0. The Labute approximate surface area is 58.1 Å². The molecule has 0 aliphatic carbocycles.